The van der Waals surface area contributed by atoms with Crippen LogP contribution in [-0.4, -0.2) is 57.4 Å². The third kappa shape index (κ3) is 6.98. The minimum atomic E-state index is -0.280. The maximum atomic E-state index is 13.9. The number of guanidine groups is 1. The topological polar surface area (TPSA) is 58.1 Å². The molecule has 0 aromatic heterocycles. The van der Waals surface area contributed by atoms with Crippen LogP contribution < -0.4 is 10.6 Å². The predicted molar refractivity (Wildman–Crippen MR) is 121 cm³/mol. The third-order valence-corrected chi connectivity index (χ3v) is 5.38. The molecule has 0 amide bonds. The van der Waals surface area contributed by atoms with Crippen LogP contribution in [0.15, 0.2) is 47.5 Å². The molecule has 3 rings (SSSR count). The summed E-state index contributed by atoms with van der Waals surface area (Å²) >= 11 is 0. The Morgan fingerprint density at radius 1 is 1.12 bits per heavy atom. The number of methoxy groups -OCH3 is 1. The molecule has 0 saturated carbocycles. The van der Waals surface area contributed by atoms with Crippen molar-refractivity contribution in [1.29, 1.82) is 0 Å². The van der Waals surface area contributed by atoms with Crippen LogP contribution in [0.4, 0.5) is 8.78 Å². The number of halogens is 2. The van der Waals surface area contributed by atoms with Gasteiger partial charge in [0.05, 0.1) is 32.4 Å². The van der Waals surface area contributed by atoms with E-state index < -0.39 is 0 Å². The van der Waals surface area contributed by atoms with Crippen molar-refractivity contribution in [2.24, 2.45) is 4.99 Å². The highest BCUT2D eigenvalue weighted by Gasteiger charge is 2.23. The van der Waals surface area contributed by atoms with E-state index in [1.165, 1.54) is 18.2 Å². The van der Waals surface area contributed by atoms with Crippen molar-refractivity contribution in [3.8, 4) is 0 Å². The molecule has 1 atom stereocenters. The number of rotatable bonds is 9. The van der Waals surface area contributed by atoms with E-state index in [4.69, 9.17) is 9.47 Å². The molecule has 1 heterocycles. The molecular weight excluding hydrogens is 414 g/mol. The normalized spacial score (nSPS) is 16.1. The van der Waals surface area contributed by atoms with Crippen LogP contribution in [0, 0.1) is 11.6 Å². The quantitative estimate of drug-likeness (QED) is 0.458. The maximum Gasteiger partial charge on any atom is 0.191 e. The van der Waals surface area contributed by atoms with Crippen molar-refractivity contribution in [3.63, 3.8) is 0 Å². The molecule has 6 nitrogen and oxygen atoms in total. The van der Waals surface area contributed by atoms with Gasteiger partial charge < -0.3 is 20.1 Å². The number of hydrogen-bond donors (Lipinski definition) is 2. The Hall–Kier alpha value is -2.55. The summed E-state index contributed by atoms with van der Waals surface area (Å²) in [6, 6.07) is 11.7. The zero-order valence-electron chi connectivity index (χ0n) is 18.7. The third-order valence-electron chi connectivity index (χ3n) is 5.38. The number of nitrogens with one attached hydrogen (secondary N) is 2. The lowest BCUT2D eigenvalue weighted by Gasteiger charge is -2.35. The number of nitrogens with zero attached hydrogens (tertiary/aromatic N) is 2. The van der Waals surface area contributed by atoms with Crippen molar-refractivity contribution < 1.29 is 18.3 Å². The number of ether oxygens (including phenoxy) is 2. The average Bonchev–Trinajstić information content (AvgIpc) is 2.81. The van der Waals surface area contributed by atoms with Gasteiger partial charge in [0.1, 0.15) is 11.6 Å². The smallest absolute Gasteiger partial charge is 0.191 e. The van der Waals surface area contributed by atoms with Gasteiger partial charge in [0, 0.05) is 38.9 Å². The summed E-state index contributed by atoms with van der Waals surface area (Å²) in [5, 5.41) is 6.68. The molecule has 1 aliphatic heterocycles. The van der Waals surface area contributed by atoms with E-state index in [-0.39, 0.29) is 24.3 Å². The van der Waals surface area contributed by atoms with E-state index in [2.05, 4.69) is 20.5 Å². The van der Waals surface area contributed by atoms with Gasteiger partial charge in [-0.25, -0.2) is 13.8 Å². The lowest BCUT2D eigenvalue weighted by molar-refractivity contribution is 0.0170. The van der Waals surface area contributed by atoms with Crippen LogP contribution in [0.1, 0.15) is 29.7 Å². The molecule has 1 saturated heterocycles. The lowest BCUT2D eigenvalue weighted by Crippen LogP contribution is -2.46. The van der Waals surface area contributed by atoms with Crippen molar-refractivity contribution in [2.75, 3.05) is 46.5 Å². The largest absolute Gasteiger partial charge is 0.380 e. The van der Waals surface area contributed by atoms with E-state index in [9.17, 15) is 8.78 Å². The lowest BCUT2D eigenvalue weighted by atomic mass is 10.0. The molecule has 1 unspecified atom stereocenters. The van der Waals surface area contributed by atoms with Crippen LogP contribution >= 0.6 is 0 Å². The molecule has 0 spiro atoms. The first-order valence-corrected chi connectivity index (χ1v) is 11.0. The first-order valence-electron chi connectivity index (χ1n) is 11.0. The van der Waals surface area contributed by atoms with Crippen molar-refractivity contribution in [3.05, 3.63) is 70.8 Å². The van der Waals surface area contributed by atoms with Gasteiger partial charge in [0.2, 0.25) is 0 Å². The zero-order valence-corrected chi connectivity index (χ0v) is 18.7. The van der Waals surface area contributed by atoms with E-state index in [0.717, 1.165) is 24.2 Å². The Morgan fingerprint density at radius 3 is 2.56 bits per heavy atom. The molecule has 0 radical (unpaired) electrons. The highest BCUT2D eigenvalue weighted by molar-refractivity contribution is 5.79. The van der Waals surface area contributed by atoms with Gasteiger partial charge in [-0.15, -0.1) is 0 Å². The number of hydrogen-bond acceptors (Lipinski definition) is 4. The Bertz CT molecular complexity index is 871. The number of morpholine rings is 1. The minimum Gasteiger partial charge on any atom is -0.380 e. The van der Waals surface area contributed by atoms with E-state index in [1.54, 1.807) is 19.2 Å². The van der Waals surface area contributed by atoms with Gasteiger partial charge >= 0.3 is 0 Å². The minimum absolute atomic E-state index is 0.0579. The van der Waals surface area contributed by atoms with E-state index in [1.807, 2.05) is 19.1 Å². The number of aliphatic imine (C=N–C) groups is 1. The Kier molecular flexibility index (Phi) is 9.40. The molecule has 0 bridgehead atoms. The summed E-state index contributed by atoms with van der Waals surface area (Å²) in [7, 11) is 1.55. The van der Waals surface area contributed by atoms with Crippen LogP contribution in [0.2, 0.25) is 0 Å². The van der Waals surface area contributed by atoms with Gasteiger partial charge in [0.15, 0.2) is 5.96 Å². The van der Waals surface area contributed by atoms with E-state index in [0.29, 0.717) is 44.4 Å². The number of benzene rings is 2. The maximum absolute atomic E-state index is 13.9. The van der Waals surface area contributed by atoms with Gasteiger partial charge in [0.25, 0.3) is 0 Å². The standard InChI is InChI=1S/C24H32F2N4O2/c1-3-27-24(28-15-18-4-9-22(26)20(14-18)17-31-2)29-16-23(30-10-12-32-13-11-30)19-5-7-21(25)8-6-19/h4-9,14,23H,3,10-13,15-17H2,1-2H3,(H2,27,28,29). The van der Waals surface area contributed by atoms with Crippen molar-refractivity contribution >= 4 is 5.96 Å². The average molecular weight is 447 g/mol. The van der Waals surface area contributed by atoms with Crippen LogP contribution in [-0.2, 0) is 22.6 Å². The van der Waals surface area contributed by atoms with Crippen LogP contribution in [0.25, 0.3) is 0 Å². The molecular formula is C24H32F2N4O2. The van der Waals surface area contributed by atoms with Crippen LogP contribution in [0.3, 0.4) is 0 Å². The molecule has 32 heavy (non-hydrogen) atoms. The fourth-order valence-corrected chi connectivity index (χ4v) is 3.73. The fraction of sp³-hybridized carbons (Fsp3) is 0.458. The zero-order chi connectivity index (χ0) is 22.8. The predicted octanol–water partition coefficient (Wildman–Crippen LogP) is 3.24. The monoisotopic (exact) mass is 446 g/mol. The van der Waals surface area contributed by atoms with E-state index >= 15 is 0 Å². The highest BCUT2D eigenvalue weighted by atomic mass is 19.1. The SMILES string of the molecule is CCNC(=NCc1ccc(F)c(COC)c1)NCC(c1ccc(F)cc1)N1CCOCC1. The molecule has 174 valence electrons. The molecule has 2 aromatic rings. The Balaban J connectivity index is 1.71. The van der Waals surface area contributed by atoms with Gasteiger partial charge in [-0.2, -0.15) is 0 Å². The van der Waals surface area contributed by atoms with Crippen molar-refractivity contribution in [2.45, 2.75) is 26.1 Å². The van der Waals surface area contributed by atoms with Gasteiger partial charge in [-0.1, -0.05) is 18.2 Å². The molecule has 2 N–H and O–H groups in total. The summed E-state index contributed by atoms with van der Waals surface area (Å²) in [6.07, 6.45) is 0. The van der Waals surface area contributed by atoms with Crippen molar-refractivity contribution in [1.82, 2.24) is 15.5 Å². The summed E-state index contributed by atoms with van der Waals surface area (Å²) in [5.41, 5.74) is 2.46. The Morgan fingerprint density at radius 2 is 1.88 bits per heavy atom. The van der Waals surface area contributed by atoms with Gasteiger partial charge in [-0.3, -0.25) is 4.90 Å². The van der Waals surface area contributed by atoms with Gasteiger partial charge in [-0.05, 0) is 42.3 Å². The molecule has 1 fully saturated rings. The second-order valence-corrected chi connectivity index (χ2v) is 7.65. The first kappa shape index (κ1) is 24.1. The molecule has 1 aliphatic rings. The first-order chi connectivity index (χ1) is 15.6. The fourth-order valence-electron chi connectivity index (χ4n) is 3.73. The highest BCUT2D eigenvalue weighted by Crippen LogP contribution is 2.21. The summed E-state index contributed by atoms with van der Waals surface area (Å²) < 4.78 is 37.9. The Labute approximate surface area is 188 Å². The summed E-state index contributed by atoms with van der Waals surface area (Å²) in [6.45, 7) is 6.95. The second kappa shape index (κ2) is 12.5. The summed E-state index contributed by atoms with van der Waals surface area (Å²) in [5.74, 6) is 0.146. The summed E-state index contributed by atoms with van der Waals surface area (Å²) in [4.78, 5) is 7.01. The molecule has 8 heteroatoms. The van der Waals surface area contributed by atoms with Crippen LogP contribution in [0.5, 0.6) is 0 Å². The molecule has 2 aromatic carbocycles. The second-order valence-electron chi connectivity index (χ2n) is 7.65. The molecule has 0 aliphatic carbocycles.